The third-order valence-electron chi connectivity index (χ3n) is 3.41. The third kappa shape index (κ3) is 3.02. The van der Waals surface area contributed by atoms with E-state index in [0.29, 0.717) is 5.69 Å². The number of aryl methyl sites for hydroxylation is 1. The van der Waals surface area contributed by atoms with E-state index in [1.807, 2.05) is 0 Å². The third-order valence-corrected chi connectivity index (χ3v) is 5.31. The van der Waals surface area contributed by atoms with Gasteiger partial charge in [-0.15, -0.1) is 0 Å². The molecule has 1 aliphatic heterocycles. The number of hydrogen-bond donors (Lipinski definition) is 1. The molecular weight excluding hydrogens is 296 g/mol. The summed E-state index contributed by atoms with van der Waals surface area (Å²) in [6, 6.07) is 3.53. The molecule has 1 unspecified atom stereocenters. The first-order valence-corrected chi connectivity index (χ1v) is 7.85. The molecule has 8 heteroatoms. The van der Waals surface area contributed by atoms with E-state index < -0.39 is 22.0 Å². The Morgan fingerprint density at radius 1 is 1.48 bits per heavy atom. The topological polar surface area (TPSA) is 98.9 Å². The highest BCUT2D eigenvalue weighted by Crippen LogP contribution is 2.24. The van der Waals surface area contributed by atoms with Crippen molar-refractivity contribution in [2.45, 2.75) is 17.9 Å². The minimum absolute atomic E-state index is 0.0206. The Kier molecular flexibility index (Phi) is 4.50. The monoisotopic (exact) mass is 314 g/mol. The number of rotatable bonds is 3. The number of morpholine rings is 1. The second kappa shape index (κ2) is 6.00. The summed E-state index contributed by atoms with van der Waals surface area (Å²) in [5.74, 6) is -0.640. The number of sulfonamides is 1. The molecule has 1 saturated heterocycles. The van der Waals surface area contributed by atoms with Gasteiger partial charge in [0.15, 0.2) is 0 Å². The summed E-state index contributed by atoms with van der Waals surface area (Å²) in [4.78, 5) is 11.8. The standard InChI is InChI=1S/C13H18N2O5S/c1-9-3-4-10(7-11(9)14)21(17,18)15-5-6-20-8-12(15)13(16)19-2/h3-4,7,12H,5-6,8,14H2,1-2H3. The van der Waals surface area contributed by atoms with Crippen LogP contribution in [0.15, 0.2) is 23.1 Å². The van der Waals surface area contributed by atoms with Crippen LogP contribution in [0.1, 0.15) is 5.56 Å². The molecule has 7 nitrogen and oxygen atoms in total. The van der Waals surface area contributed by atoms with Crippen LogP contribution < -0.4 is 5.73 Å². The predicted octanol–water partition coefficient (Wildman–Crippen LogP) is 0.140. The minimum atomic E-state index is -3.83. The quantitative estimate of drug-likeness (QED) is 0.629. The summed E-state index contributed by atoms with van der Waals surface area (Å²) in [5.41, 5.74) is 6.95. The molecule has 0 aliphatic carbocycles. The molecule has 2 rings (SSSR count). The van der Waals surface area contributed by atoms with Crippen molar-refractivity contribution in [1.29, 1.82) is 0 Å². The van der Waals surface area contributed by atoms with Gasteiger partial charge in [-0.1, -0.05) is 6.07 Å². The van der Waals surface area contributed by atoms with Gasteiger partial charge in [0.1, 0.15) is 6.04 Å². The minimum Gasteiger partial charge on any atom is -0.468 e. The van der Waals surface area contributed by atoms with E-state index in [1.165, 1.54) is 19.2 Å². The van der Waals surface area contributed by atoms with Crippen molar-refractivity contribution in [3.05, 3.63) is 23.8 Å². The van der Waals surface area contributed by atoms with Crippen LogP contribution in [0.5, 0.6) is 0 Å². The highest BCUT2D eigenvalue weighted by atomic mass is 32.2. The van der Waals surface area contributed by atoms with Gasteiger partial charge < -0.3 is 15.2 Å². The largest absolute Gasteiger partial charge is 0.468 e. The maximum absolute atomic E-state index is 12.7. The van der Waals surface area contributed by atoms with Crippen molar-refractivity contribution in [2.24, 2.45) is 0 Å². The lowest BCUT2D eigenvalue weighted by atomic mass is 10.2. The van der Waals surface area contributed by atoms with Crippen molar-refractivity contribution in [1.82, 2.24) is 4.31 Å². The molecule has 0 amide bonds. The van der Waals surface area contributed by atoms with Crippen LogP contribution >= 0.6 is 0 Å². The number of nitrogen functional groups attached to an aromatic ring is 1. The van der Waals surface area contributed by atoms with Crippen LogP contribution in [0.25, 0.3) is 0 Å². The number of methoxy groups -OCH3 is 1. The van der Waals surface area contributed by atoms with Gasteiger partial charge in [0, 0.05) is 12.2 Å². The molecule has 1 aromatic rings. The molecule has 2 N–H and O–H groups in total. The number of anilines is 1. The first-order chi connectivity index (χ1) is 9.87. The van der Waals surface area contributed by atoms with Gasteiger partial charge in [-0.2, -0.15) is 4.31 Å². The van der Waals surface area contributed by atoms with E-state index in [-0.39, 0.29) is 24.7 Å². The van der Waals surface area contributed by atoms with Crippen molar-refractivity contribution in [3.8, 4) is 0 Å². The zero-order valence-electron chi connectivity index (χ0n) is 11.9. The highest BCUT2D eigenvalue weighted by Gasteiger charge is 2.39. The van der Waals surface area contributed by atoms with Crippen molar-refractivity contribution >= 4 is 21.7 Å². The number of ether oxygens (including phenoxy) is 2. The summed E-state index contributed by atoms with van der Waals surface area (Å²) in [5, 5.41) is 0. The van der Waals surface area contributed by atoms with E-state index in [1.54, 1.807) is 13.0 Å². The Morgan fingerprint density at radius 3 is 2.81 bits per heavy atom. The SMILES string of the molecule is COC(=O)C1COCCN1S(=O)(=O)c1ccc(C)c(N)c1. The molecule has 1 heterocycles. The van der Waals surface area contributed by atoms with Gasteiger partial charge in [-0.3, -0.25) is 4.79 Å². The van der Waals surface area contributed by atoms with Crippen LogP contribution in [-0.4, -0.2) is 51.6 Å². The maximum atomic E-state index is 12.7. The molecular formula is C13H18N2O5S. The summed E-state index contributed by atoms with van der Waals surface area (Å²) in [7, 11) is -2.62. The number of hydrogen-bond acceptors (Lipinski definition) is 6. The lowest BCUT2D eigenvalue weighted by molar-refractivity contribution is -0.149. The molecule has 1 atom stereocenters. The lowest BCUT2D eigenvalue weighted by Gasteiger charge is -2.32. The van der Waals surface area contributed by atoms with Gasteiger partial charge in [0.25, 0.3) is 0 Å². The van der Waals surface area contributed by atoms with Gasteiger partial charge in [-0.05, 0) is 24.6 Å². The Bertz CT molecular complexity index is 644. The van der Waals surface area contributed by atoms with E-state index in [0.717, 1.165) is 9.87 Å². The molecule has 0 spiro atoms. The number of esters is 1. The molecule has 0 aromatic heterocycles. The first kappa shape index (κ1) is 15.7. The van der Waals surface area contributed by atoms with Crippen LogP contribution in [0.2, 0.25) is 0 Å². The Hall–Kier alpha value is -1.64. The molecule has 116 valence electrons. The molecule has 1 fully saturated rings. The average Bonchev–Trinajstić information content (AvgIpc) is 2.49. The highest BCUT2D eigenvalue weighted by molar-refractivity contribution is 7.89. The van der Waals surface area contributed by atoms with Crippen molar-refractivity contribution < 1.29 is 22.7 Å². The van der Waals surface area contributed by atoms with Crippen LogP contribution in [0, 0.1) is 6.92 Å². The number of nitrogens with two attached hydrogens (primary N) is 1. The summed E-state index contributed by atoms with van der Waals surface area (Å²) >= 11 is 0. The zero-order valence-corrected chi connectivity index (χ0v) is 12.7. The Balaban J connectivity index is 2.40. The first-order valence-electron chi connectivity index (χ1n) is 6.41. The number of nitrogens with zero attached hydrogens (tertiary/aromatic N) is 1. The fourth-order valence-corrected chi connectivity index (χ4v) is 3.70. The van der Waals surface area contributed by atoms with Gasteiger partial charge >= 0.3 is 5.97 Å². The van der Waals surface area contributed by atoms with E-state index in [4.69, 9.17) is 10.5 Å². The summed E-state index contributed by atoms with van der Waals surface area (Å²) in [6.45, 7) is 2.09. The predicted molar refractivity (Wildman–Crippen MR) is 76.1 cm³/mol. The maximum Gasteiger partial charge on any atom is 0.326 e. The number of carbonyl (C=O) groups excluding carboxylic acids is 1. The average molecular weight is 314 g/mol. The second-order valence-electron chi connectivity index (χ2n) is 4.75. The molecule has 0 radical (unpaired) electrons. The van der Waals surface area contributed by atoms with Crippen LogP contribution in [-0.2, 0) is 24.3 Å². The molecule has 1 aromatic carbocycles. The fourth-order valence-electron chi connectivity index (χ4n) is 2.11. The van der Waals surface area contributed by atoms with Gasteiger partial charge in [0.05, 0.1) is 25.2 Å². The van der Waals surface area contributed by atoms with Crippen molar-refractivity contribution in [3.63, 3.8) is 0 Å². The van der Waals surface area contributed by atoms with E-state index in [2.05, 4.69) is 4.74 Å². The van der Waals surface area contributed by atoms with E-state index >= 15 is 0 Å². The van der Waals surface area contributed by atoms with E-state index in [9.17, 15) is 13.2 Å². The molecule has 0 bridgehead atoms. The number of carbonyl (C=O) groups is 1. The summed E-state index contributed by atoms with van der Waals surface area (Å²) < 4.78 is 36.3. The van der Waals surface area contributed by atoms with Crippen LogP contribution in [0.4, 0.5) is 5.69 Å². The molecule has 1 aliphatic rings. The lowest BCUT2D eigenvalue weighted by Crippen LogP contribution is -2.52. The fraction of sp³-hybridized carbons (Fsp3) is 0.462. The van der Waals surface area contributed by atoms with Gasteiger partial charge in [0.2, 0.25) is 10.0 Å². The van der Waals surface area contributed by atoms with Gasteiger partial charge in [-0.25, -0.2) is 8.42 Å². The Labute approximate surface area is 123 Å². The Morgan fingerprint density at radius 2 is 2.19 bits per heavy atom. The summed E-state index contributed by atoms with van der Waals surface area (Å²) in [6.07, 6.45) is 0. The molecule has 21 heavy (non-hydrogen) atoms. The second-order valence-corrected chi connectivity index (χ2v) is 6.64. The molecule has 0 saturated carbocycles. The normalized spacial score (nSPS) is 20.2. The number of benzene rings is 1. The van der Waals surface area contributed by atoms with Crippen molar-refractivity contribution in [2.75, 3.05) is 32.6 Å². The zero-order chi connectivity index (χ0) is 15.6. The van der Waals surface area contributed by atoms with Crippen LogP contribution in [0.3, 0.4) is 0 Å². The smallest absolute Gasteiger partial charge is 0.326 e.